The van der Waals surface area contributed by atoms with E-state index in [0.717, 1.165) is 25.0 Å². The van der Waals surface area contributed by atoms with Gasteiger partial charge in [-0.15, -0.1) is 0 Å². The summed E-state index contributed by atoms with van der Waals surface area (Å²) in [5.74, 6) is 2.51. The zero-order valence-corrected chi connectivity index (χ0v) is 11.9. The van der Waals surface area contributed by atoms with Crippen molar-refractivity contribution in [3.63, 3.8) is 0 Å². The van der Waals surface area contributed by atoms with Gasteiger partial charge in [0.1, 0.15) is 11.9 Å². The Bertz CT molecular complexity index is 746. The minimum absolute atomic E-state index is 0.0594. The monoisotopic (exact) mass is 297 g/mol. The van der Waals surface area contributed by atoms with E-state index < -0.39 is 0 Å². The van der Waals surface area contributed by atoms with E-state index >= 15 is 0 Å². The molecule has 1 atom stereocenters. The SMILES string of the molecule is c1ccc(-c2n[nH]c(Cc3noc([C@@H]4CCCO4)n3)n2)cc1. The van der Waals surface area contributed by atoms with Crippen molar-refractivity contribution in [2.75, 3.05) is 6.61 Å². The minimum Gasteiger partial charge on any atom is -0.368 e. The fourth-order valence-corrected chi connectivity index (χ4v) is 2.48. The minimum atomic E-state index is -0.0594. The highest BCUT2D eigenvalue weighted by molar-refractivity contribution is 5.53. The van der Waals surface area contributed by atoms with Crippen LogP contribution in [0.25, 0.3) is 11.4 Å². The van der Waals surface area contributed by atoms with Gasteiger partial charge in [0, 0.05) is 12.2 Å². The first-order valence-electron chi connectivity index (χ1n) is 7.29. The highest BCUT2D eigenvalue weighted by atomic mass is 16.5. The summed E-state index contributed by atoms with van der Waals surface area (Å²) in [5, 5.41) is 11.1. The van der Waals surface area contributed by atoms with E-state index in [1.165, 1.54) is 0 Å². The zero-order chi connectivity index (χ0) is 14.8. The van der Waals surface area contributed by atoms with Crippen LogP contribution < -0.4 is 0 Å². The largest absolute Gasteiger partial charge is 0.368 e. The first-order valence-corrected chi connectivity index (χ1v) is 7.29. The lowest BCUT2D eigenvalue weighted by molar-refractivity contribution is 0.0835. The van der Waals surface area contributed by atoms with Crippen molar-refractivity contribution in [1.82, 2.24) is 25.3 Å². The van der Waals surface area contributed by atoms with Gasteiger partial charge in [-0.25, -0.2) is 4.98 Å². The summed E-state index contributed by atoms with van der Waals surface area (Å²) in [5.41, 5.74) is 0.971. The third-order valence-electron chi connectivity index (χ3n) is 3.58. The van der Waals surface area contributed by atoms with Gasteiger partial charge in [-0.2, -0.15) is 10.1 Å². The fraction of sp³-hybridized carbons (Fsp3) is 0.333. The Morgan fingerprint density at radius 3 is 2.91 bits per heavy atom. The molecule has 0 saturated carbocycles. The molecule has 22 heavy (non-hydrogen) atoms. The van der Waals surface area contributed by atoms with Crippen molar-refractivity contribution < 1.29 is 9.26 Å². The molecule has 0 spiro atoms. The summed E-state index contributed by atoms with van der Waals surface area (Å²) in [7, 11) is 0. The van der Waals surface area contributed by atoms with Crippen LogP contribution in [-0.2, 0) is 11.2 Å². The second-order valence-electron chi connectivity index (χ2n) is 5.20. The zero-order valence-electron chi connectivity index (χ0n) is 11.9. The molecule has 7 nitrogen and oxygen atoms in total. The van der Waals surface area contributed by atoms with Crippen LogP contribution in [0, 0.1) is 0 Å². The topological polar surface area (TPSA) is 89.7 Å². The van der Waals surface area contributed by atoms with Crippen molar-refractivity contribution >= 4 is 0 Å². The second-order valence-corrected chi connectivity index (χ2v) is 5.20. The molecule has 112 valence electrons. The van der Waals surface area contributed by atoms with E-state index in [9.17, 15) is 0 Å². The molecular formula is C15H15N5O2. The molecule has 1 fully saturated rings. The molecule has 2 aromatic heterocycles. The van der Waals surface area contributed by atoms with Crippen LogP contribution in [0.4, 0.5) is 0 Å². The number of hydrogen-bond donors (Lipinski definition) is 1. The average molecular weight is 297 g/mol. The lowest BCUT2D eigenvalue weighted by atomic mass is 10.2. The molecule has 1 aliphatic rings. The molecule has 1 aliphatic heterocycles. The molecular weight excluding hydrogens is 282 g/mol. The Labute approximate surface area is 126 Å². The Balaban J connectivity index is 1.48. The second kappa shape index (κ2) is 5.69. The van der Waals surface area contributed by atoms with Crippen LogP contribution in [0.1, 0.15) is 36.5 Å². The van der Waals surface area contributed by atoms with E-state index in [2.05, 4.69) is 25.3 Å². The van der Waals surface area contributed by atoms with Crippen molar-refractivity contribution in [1.29, 1.82) is 0 Å². The number of benzene rings is 1. The van der Waals surface area contributed by atoms with E-state index in [1.807, 2.05) is 30.3 Å². The third-order valence-corrected chi connectivity index (χ3v) is 3.58. The smallest absolute Gasteiger partial charge is 0.255 e. The van der Waals surface area contributed by atoms with E-state index in [-0.39, 0.29) is 6.10 Å². The van der Waals surface area contributed by atoms with Crippen molar-refractivity contribution in [3.8, 4) is 11.4 Å². The molecule has 0 radical (unpaired) electrons. The number of nitrogens with one attached hydrogen (secondary N) is 1. The third kappa shape index (κ3) is 2.62. The van der Waals surface area contributed by atoms with Gasteiger partial charge in [0.05, 0.1) is 6.42 Å². The van der Waals surface area contributed by atoms with Crippen molar-refractivity contribution in [2.24, 2.45) is 0 Å². The highest BCUT2D eigenvalue weighted by Gasteiger charge is 2.24. The molecule has 7 heteroatoms. The van der Waals surface area contributed by atoms with Gasteiger partial charge in [0.25, 0.3) is 5.89 Å². The van der Waals surface area contributed by atoms with Gasteiger partial charge >= 0.3 is 0 Å². The molecule has 0 bridgehead atoms. The summed E-state index contributed by atoms with van der Waals surface area (Å²) in [6.07, 6.45) is 2.36. The lowest BCUT2D eigenvalue weighted by Gasteiger charge is -2.00. The number of rotatable bonds is 4. The summed E-state index contributed by atoms with van der Waals surface area (Å²) in [4.78, 5) is 8.84. The molecule has 3 aromatic rings. The van der Waals surface area contributed by atoms with Gasteiger partial charge in [0.2, 0.25) is 0 Å². The average Bonchev–Trinajstić information content (AvgIpc) is 3.30. The molecule has 3 heterocycles. The normalized spacial score (nSPS) is 17.9. The Hall–Kier alpha value is -2.54. The molecule has 1 aromatic carbocycles. The first-order chi connectivity index (χ1) is 10.9. The summed E-state index contributed by atoms with van der Waals surface area (Å²) in [6, 6.07) is 9.81. The predicted octanol–water partition coefficient (Wildman–Crippen LogP) is 2.30. The number of aromatic nitrogens is 5. The van der Waals surface area contributed by atoms with Gasteiger partial charge in [0.15, 0.2) is 11.6 Å². The quantitative estimate of drug-likeness (QED) is 0.794. The number of ether oxygens (including phenoxy) is 1. The summed E-state index contributed by atoms with van der Waals surface area (Å²) < 4.78 is 10.8. The van der Waals surface area contributed by atoms with Crippen LogP contribution in [0.2, 0.25) is 0 Å². The molecule has 4 rings (SSSR count). The fourth-order valence-electron chi connectivity index (χ4n) is 2.48. The van der Waals surface area contributed by atoms with Crippen LogP contribution in [0.15, 0.2) is 34.9 Å². The van der Waals surface area contributed by atoms with Gasteiger partial charge < -0.3 is 9.26 Å². The molecule has 1 N–H and O–H groups in total. The maximum absolute atomic E-state index is 5.53. The lowest BCUT2D eigenvalue weighted by Crippen LogP contribution is -1.97. The van der Waals surface area contributed by atoms with E-state index in [1.54, 1.807) is 0 Å². The molecule has 1 saturated heterocycles. The maximum Gasteiger partial charge on any atom is 0.255 e. The van der Waals surface area contributed by atoms with Crippen molar-refractivity contribution in [2.45, 2.75) is 25.4 Å². The Morgan fingerprint density at radius 2 is 2.09 bits per heavy atom. The molecule has 0 aliphatic carbocycles. The molecule has 0 unspecified atom stereocenters. The van der Waals surface area contributed by atoms with E-state index in [0.29, 0.717) is 29.8 Å². The number of hydrogen-bond acceptors (Lipinski definition) is 6. The van der Waals surface area contributed by atoms with Crippen molar-refractivity contribution in [3.05, 3.63) is 47.9 Å². The van der Waals surface area contributed by atoms with Gasteiger partial charge in [-0.3, -0.25) is 5.10 Å². The maximum atomic E-state index is 5.53. The first kappa shape index (κ1) is 13.1. The molecule has 0 amide bonds. The van der Waals surface area contributed by atoms with E-state index in [4.69, 9.17) is 9.26 Å². The standard InChI is InChI=1S/C15H15N5O2/c1-2-5-10(6-3-1)14-16-12(18-19-14)9-13-17-15(22-20-13)11-7-4-8-21-11/h1-3,5-6,11H,4,7-9H2,(H,16,18,19)/t11-/m0/s1. The number of nitrogens with zero attached hydrogens (tertiary/aromatic N) is 4. The van der Waals surface area contributed by atoms with Gasteiger partial charge in [-0.05, 0) is 12.8 Å². The van der Waals surface area contributed by atoms with Crippen LogP contribution in [-0.4, -0.2) is 31.9 Å². The predicted molar refractivity (Wildman–Crippen MR) is 76.8 cm³/mol. The summed E-state index contributed by atoms with van der Waals surface area (Å²) >= 11 is 0. The summed E-state index contributed by atoms with van der Waals surface area (Å²) in [6.45, 7) is 0.755. The van der Waals surface area contributed by atoms with Crippen LogP contribution >= 0.6 is 0 Å². The highest BCUT2D eigenvalue weighted by Crippen LogP contribution is 2.27. The Morgan fingerprint density at radius 1 is 1.18 bits per heavy atom. The Kier molecular flexibility index (Phi) is 3.40. The number of H-pyrrole nitrogens is 1. The van der Waals surface area contributed by atoms with Crippen LogP contribution in [0.5, 0.6) is 0 Å². The van der Waals surface area contributed by atoms with Crippen LogP contribution in [0.3, 0.4) is 0 Å². The number of aromatic amines is 1. The van der Waals surface area contributed by atoms with Gasteiger partial charge in [-0.1, -0.05) is 35.5 Å².